The maximum absolute atomic E-state index is 13.4. The molecule has 1 aliphatic rings. The summed E-state index contributed by atoms with van der Waals surface area (Å²) in [6.45, 7) is -0.100. The van der Waals surface area contributed by atoms with Gasteiger partial charge in [0.2, 0.25) is 0 Å². The first-order valence-corrected chi connectivity index (χ1v) is 7.30. The van der Waals surface area contributed by atoms with Crippen LogP contribution in [-0.2, 0) is 9.59 Å². The highest BCUT2D eigenvalue weighted by Crippen LogP contribution is 2.27. The maximum Gasteiger partial charge on any atom is 0.313 e. The molecule has 1 fully saturated rings. The fraction of sp³-hybridized carbons (Fsp3) is 0.467. The van der Waals surface area contributed by atoms with Gasteiger partial charge in [0.1, 0.15) is 5.82 Å². The van der Waals surface area contributed by atoms with Crippen LogP contribution in [-0.4, -0.2) is 29.6 Å². The van der Waals surface area contributed by atoms with E-state index in [-0.39, 0.29) is 18.5 Å². The third kappa shape index (κ3) is 4.44. The third-order valence-electron chi connectivity index (χ3n) is 3.88. The van der Waals surface area contributed by atoms with E-state index >= 15 is 0 Å². The minimum absolute atomic E-state index is 0.0852. The van der Waals surface area contributed by atoms with E-state index in [0.717, 1.165) is 25.7 Å². The number of hydrogen-bond acceptors (Lipinski definition) is 3. The van der Waals surface area contributed by atoms with E-state index in [9.17, 15) is 27.9 Å². The monoisotopic (exact) mass is 330 g/mol. The van der Waals surface area contributed by atoms with Crippen molar-refractivity contribution < 1.29 is 27.9 Å². The minimum atomic E-state index is -1.40. The van der Waals surface area contributed by atoms with Gasteiger partial charge in [0.05, 0.1) is 11.8 Å². The van der Waals surface area contributed by atoms with Crippen LogP contribution in [0.5, 0.6) is 0 Å². The Kier molecular flexibility index (Phi) is 5.59. The minimum Gasteiger partial charge on any atom is -0.391 e. The summed E-state index contributed by atoms with van der Waals surface area (Å²) < 4.78 is 39.2. The first kappa shape index (κ1) is 17.3. The van der Waals surface area contributed by atoms with Crippen LogP contribution in [0.4, 0.5) is 18.9 Å². The number of amides is 2. The maximum atomic E-state index is 13.4. The third-order valence-corrected chi connectivity index (χ3v) is 3.88. The summed E-state index contributed by atoms with van der Waals surface area (Å²) in [5, 5.41) is 14.0. The van der Waals surface area contributed by atoms with E-state index in [1.807, 2.05) is 5.32 Å². The molecule has 23 heavy (non-hydrogen) atoms. The molecule has 1 aliphatic carbocycles. The molecule has 5 nitrogen and oxygen atoms in total. The van der Waals surface area contributed by atoms with Crippen LogP contribution in [0.1, 0.15) is 25.7 Å². The summed E-state index contributed by atoms with van der Waals surface area (Å²) in [6, 6.07) is 0.718. The van der Waals surface area contributed by atoms with Gasteiger partial charge >= 0.3 is 11.8 Å². The van der Waals surface area contributed by atoms with Gasteiger partial charge < -0.3 is 15.7 Å². The Bertz CT molecular complexity index is 604. The quantitative estimate of drug-likeness (QED) is 0.581. The molecule has 3 N–H and O–H groups in total. The Labute approximate surface area is 130 Å². The number of aliphatic hydroxyl groups excluding tert-OH is 1. The van der Waals surface area contributed by atoms with Crippen molar-refractivity contribution in [3.63, 3.8) is 0 Å². The van der Waals surface area contributed by atoms with Crippen LogP contribution in [0.2, 0.25) is 0 Å². The molecule has 126 valence electrons. The predicted molar refractivity (Wildman–Crippen MR) is 75.9 cm³/mol. The average Bonchev–Trinajstić information content (AvgIpc) is 3.04. The van der Waals surface area contributed by atoms with Gasteiger partial charge in [-0.05, 0) is 18.8 Å². The second kappa shape index (κ2) is 7.45. The van der Waals surface area contributed by atoms with Gasteiger partial charge in [-0.3, -0.25) is 9.59 Å². The standard InChI is InChI=1S/C15H17F3N2O3/c16-9-5-11(18)12(6-10(9)17)20-15(23)14(22)19-7-13(21)8-3-1-2-4-8/h5-6,8,13,21H,1-4,7H2,(H,19,22)(H,20,23). The molecule has 2 rings (SSSR count). The highest BCUT2D eigenvalue weighted by molar-refractivity contribution is 6.39. The smallest absolute Gasteiger partial charge is 0.313 e. The molecule has 0 radical (unpaired) electrons. The second-order valence-corrected chi connectivity index (χ2v) is 5.52. The largest absolute Gasteiger partial charge is 0.391 e. The fourth-order valence-electron chi connectivity index (χ4n) is 2.58. The second-order valence-electron chi connectivity index (χ2n) is 5.52. The highest BCUT2D eigenvalue weighted by Gasteiger charge is 2.24. The average molecular weight is 330 g/mol. The number of benzene rings is 1. The lowest BCUT2D eigenvalue weighted by Crippen LogP contribution is -2.41. The van der Waals surface area contributed by atoms with Crippen LogP contribution >= 0.6 is 0 Å². The van der Waals surface area contributed by atoms with Crippen molar-refractivity contribution in [3.05, 3.63) is 29.6 Å². The molecule has 1 aromatic carbocycles. The van der Waals surface area contributed by atoms with Gasteiger partial charge in [-0.2, -0.15) is 0 Å². The zero-order valence-corrected chi connectivity index (χ0v) is 12.2. The van der Waals surface area contributed by atoms with Crippen molar-refractivity contribution in [2.75, 3.05) is 11.9 Å². The molecule has 1 unspecified atom stereocenters. The number of rotatable bonds is 4. The van der Waals surface area contributed by atoms with Crippen molar-refractivity contribution >= 4 is 17.5 Å². The molecule has 1 atom stereocenters. The molecule has 1 saturated carbocycles. The SMILES string of the molecule is O=C(NCC(O)C1CCCC1)C(=O)Nc1cc(F)c(F)cc1F. The van der Waals surface area contributed by atoms with Crippen molar-refractivity contribution in [2.24, 2.45) is 5.92 Å². The molecule has 0 aliphatic heterocycles. The molecule has 8 heteroatoms. The molecule has 0 aromatic heterocycles. The Balaban J connectivity index is 1.87. The summed E-state index contributed by atoms with van der Waals surface area (Å²) >= 11 is 0. The van der Waals surface area contributed by atoms with Gasteiger partial charge in [0.25, 0.3) is 0 Å². The summed E-state index contributed by atoms with van der Waals surface area (Å²) in [7, 11) is 0. The number of nitrogens with one attached hydrogen (secondary N) is 2. The predicted octanol–water partition coefficient (Wildman–Crippen LogP) is 1.71. The first-order chi connectivity index (χ1) is 10.9. The lowest BCUT2D eigenvalue weighted by Gasteiger charge is -2.17. The Morgan fingerprint density at radius 1 is 1.09 bits per heavy atom. The zero-order chi connectivity index (χ0) is 17.0. The van der Waals surface area contributed by atoms with Gasteiger partial charge in [0, 0.05) is 18.7 Å². The summed E-state index contributed by atoms with van der Waals surface area (Å²) in [5.41, 5.74) is -0.639. The first-order valence-electron chi connectivity index (χ1n) is 7.30. The lowest BCUT2D eigenvalue weighted by atomic mass is 10.0. The van der Waals surface area contributed by atoms with E-state index in [4.69, 9.17) is 0 Å². The molecule has 2 amide bonds. The van der Waals surface area contributed by atoms with Crippen LogP contribution in [0, 0.1) is 23.4 Å². The van der Waals surface area contributed by atoms with Crippen molar-refractivity contribution in [1.82, 2.24) is 5.32 Å². The Hall–Kier alpha value is -2.09. The summed E-state index contributed by atoms with van der Waals surface area (Å²) in [6.07, 6.45) is 3.01. The van der Waals surface area contributed by atoms with E-state index in [1.54, 1.807) is 0 Å². The highest BCUT2D eigenvalue weighted by atomic mass is 19.2. The van der Waals surface area contributed by atoms with Crippen LogP contribution in [0.15, 0.2) is 12.1 Å². The number of hydrogen-bond donors (Lipinski definition) is 3. The van der Waals surface area contributed by atoms with Crippen LogP contribution in [0.3, 0.4) is 0 Å². The van der Waals surface area contributed by atoms with Crippen molar-refractivity contribution in [2.45, 2.75) is 31.8 Å². The topological polar surface area (TPSA) is 78.4 Å². The summed E-state index contributed by atoms with van der Waals surface area (Å²) in [4.78, 5) is 23.2. The van der Waals surface area contributed by atoms with Gasteiger partial charge in [-0.25, -0.2) is 13.2 Å². The molecule has 0 spiro atoms. The van der Waals surface area contributed by atoms with Crippen molar-refractivity contribution in [3.8, 4) is 0 Å². The number of carbonyl (C=O) groups is 2. The molecule has 0 bridgehead atoms. The fourth-order valence-corrected chi connectivity index (χ4v) is 2.58. The Morgan fingerprint density at radius 3 is 2.35 bits per heavy atom. The van der Waals surface area contributed by atoms with Gasteiger partial charge in [-0.1, -0.05) is 12.8 Å². The molecule has 1 aromatic rings. The Morgan fingerprint density at radius 2 is 1.70 bits per heavy atom. The number of carbonyl (C=O) groups excluding carboxylic acids is 2. The van der Waals surface area contributed by atoms with E-state index in [1.165, 1.54) is 0 Å². The molecule has 0 saturated heterocycles. The number of anilines is 1. The van der Waals surface area contributed by atoms with Crippen molar-refractivity contribution in [1.29, 1.82) is 0 Å². The molecular weight excluding hydrogens is 313 g/mol. The normalized spacial score (nSPS) is 16.2. The van der Waals surface area contributed by atoms with Gasteiger partial charge in [-0.15, -0.1) is 0 Å². The number of aliphatic hydroxyl groups is 1. The molecular formula is C15H17F3N2O3. The lowest BCUT2D eigenvalue weighted by molar-refractivity contribution is -0.136. The van der Waals surface area contributed by atoms with E-state index < -0.39 is 41.1 Å². The van der Waals surface area contributed by atoms with E-state index in [0.29, 0.717) is 6.07 Å². The van der Waals surface area contributed by atoms with Crippen LogP contribution < -0.4 is 10.6 Å². The molecule has 0 heterocycles. The zero-order valence-electron chi connectivity index (χ0n) is 12.2. The van der Waals surface area contributed by atoms with Crippen LogP contribution in [0.25, 0.3) is 0 Å². The van der Waals surface area contributed by atoms with E-state index in [2.05, 4.69) is 5.32 Å². The van der Waals surface area contributed by atoms with Gasteiger partial charge in [0.15, 0.2) is 11.6 Å². The summed E-state index contributed by atoms with van der Waals surface area (Å²) in [5.74, 6) is -6.18. The number of halogens is 3.